The molecule has 134 valence electrons. The Morgan fingerprint density at radius 3 is 2.67 bits per heavy atom. The second-order valence-corrected chi connectivity index (χ2v) is 7.43. The highest BCUT2D eigenvalue weighted by Gasteiger charge is 2.14. The van der Waals surface area contributed by atoms with Gasteiger partial charge >= 0.3 is 0 Å². The van der Waals surface area contributed by atoms with Gasteiger partial charge < -0.3 is 0 Å². The van der Waals surface area contributed by atoms with Crippen LogP contribution in [0.2, 0.25) is 5.02 Å². The van der Waals surface area contributed by atoms with E-state index in [4.69, 9.17) is 11.6 Å². The zero-order valence-corrected chi connectivity index (χ0v) is 15.4. The van der Waals surface area contributed by atoms with Gasteiger partial charge in [-0.2, -0.15) is 0 Å². The number of aromatic nitrogens is 2. The highest BCUT2D eigenvalue weighted by atomic mass is 35.5. The lowest BCUT2D eigenvalue weighted by atomic mass is 10.1. The standard InChI is InChI=1S/C20H12ClFN2O2S/c21-14-6-4-12(5-7-14)18-9-16-19(27-18)20(26)24(11-23-16)10-17(25)13-2-1-3-15(22)8-13/h1-9,11H,10H2. The summed E-state index contributed by atoms with van der Waals surface area (Å²) in [4.78, 5) is 30.3. The highest BCUT2D eigenvalue weighted by molar-refractivity contribution is 7.22. The molecule has 0 radical (unpaired) electrons. The first kappa shape index (κ1) is 17.6. The van der Waals surface area contributed by atoms with E-state index in [9.17, 15) is 14.0 Å². The third-order valence-corrected chi connectivity index (χ3v) is 5.51. The van der Waals surface area contributed by atoms with Crippen molar-refractivity contribution in [3.05, 3.63) is 87.7 Å². The molecule has 2 aromatic carbocycles. The third-order valence-electron chi connectivity index (χ3n) is 4.09. The number of rotatable bonds is 4. The van der Waals surface area contributed by atoms with Crippen molar-refractivity contribution in [3.63, 3.8) is 0 Å². The van der Waals surface area contributed by atoms with Crippen LogP contribution in [0.4, 0.5) is 4.39 Å². The van der Waals surface area contributed by atoms with E-state index in [1.165, 1.54) is 40.4 Å². The van der Waals surface area contributed by atoms with Crippen molar-refractivity contribution in [3.8, 4) is 10.4 Å². The molecule has 0 bridgehead atoms. The quantitative estimate of drug-likeness (QED) is 0.464. The molecule has 0 saturated heterocycles. The summed E-state index contributed by atoms with van der Waals surface area (Å²) < 4.78 is 15.0. The Bertz CT molecular complexity index is 1210. The Morgan fingerprint density at radius 1 is 1.15 bits per heavy atom. The van der Waals surface area contributed by atoms with E-state index in [1.54, 1.807) is 12.1 Å². The van der Waals surface area contributed by atoms with E-state index in [0.717, 1.165) is 16.5 Å². The molecule has 0 fully saturated rings. The van der Waals surface area contributed by atoms with Gasteiger partial charge in [-0.3, -0.25) is 14.2 Å². The molecule has 2 heterocycles. The molecular weight excluding hydrogens is 387 g/mol. The molecule has 0 aliphatic heterocycles. The Hall–Kier alpha value is -2.83. The summed E-state index contributed by atoms with van der Waals surface area (Å²) in [5.74, 6) is -0.847. The summed E-state index contributed by atoms with van der Waals surface area (Å²) in [6.45, 7) is -0.195. The molecule has 4 rings (SSSR count). The minimum Gasteiger partial charge on any atom is -0.292 e. The molecule has 0 amide bonds. The maximum atomic E-state index is 13.3. The van der Waals surface area contributed by atoms with Gasteiger partial charge in [0.1, 0.15) is 10.5 Å². The second kappa shape index (κ2) is 7.06. The van der Waals surface area contributed by atoms with Crippen LogP contribution >= 0.6 is 22.9 Å². The maximum absolute atomic E-state index is 13.3. The minimum atomic E-state index is -0.493. The lowest BCUT2D eigenvalue weighted by molar-refractivity contribution is 0.0970. The zero-order chi connectivity index (χ0) is 19.0. The molecule has 0 N–H and O–H groups in total. The van der Waals surface area contributed by atoms with Crippen LogP contribution in [0.3, 0.4) is 0 Å². The molecular formula is C20H12ClFN2O2S. The maximum Gasteiger partial charge on any atom is 0.271 e. The first-order chi connectivity index (χ1) is 13.0. The van der Waals surface area contributed by atoms with Crippen molar-refractivity contribution in [2.45, 2.75) is 6.54 Å². The fraction of sp³-hybridized carbons (Fsp3) is 0.0500. The number of halogens is 2. The summed E-state index contributed by atoms with van der Waals surface area (Å²) in [6, 6.07) is 14.6. The number of carbonyl (C=O) groups is 1. The monoisotopic (exact) mass is 398 g/mol. The number of nitrogens with zero attached hydrogens (tertiary/aromatic N) is 2. The van der Waals surface area contributed by atoms with Crippen LogP contribution in [0, 0.1) is 5.82 Å². The SMILES string of the molecule is O=C(Cn1cnc2cc(-c3ccc(Cl)cc3)sc2c1=O)c1cccc(F)c1. The van der Waals surface area contributed by atoms with E-state index in [2.05, 4.69) is 4.98 Å². The predicted molar refractivity (Wildman–Crippen MR) is 105 cm³/mol. The van der Waals surface area contributed by atoms with Gasteiger partial charge in [-0.15, -0.1) is 11.3 Å². The van der Waals surface area contributed by atoms with Gasteiger partial charge in [-0.1, -0.05) is 35.9 Å². The Labute approximate surface area is 162 Å². The topological polar surface area (TPSA) is 52.0 Å². The molecule has 4 aromatic rings. The lowest BCUT2D eigenvalue weighted by Gasteiger charge is -2.04. The fourth-order valence-electron chi connectivity index (χ4n) is 2.72. The number of Topliss-reactive ketones (excluding diaryl/α,β-unsaturated/α-hetero) is 1. The first-order valence-electron chi connectivity index (χ1n) is 8.05. The minimum absolute atomic E-state index is 0.195. The van der Waals surface area contributed by atoms with Gasteiger partial charge in [0.25, 0.3) is 5.56 Å². The molecule has 0 aliphatic rings. The number of thiophene rings is 1. The molecule has 2 aromatic heterocycles. The van der Waals surface area contributed by atoms with Crippen molar-refractivity contribution >= 4 is 38.9 Å². The summed E-state index contributed by atoms with van der Waals surface area (Å²) in [5, 5.41) is 0.635. The van der Waals surface area contributed by atoms with E-state index < -0.39 is 5.82 Å². The average Bonchev–Trinajstić information content (AvgIpc) is 3.10. The number of ketones is 1. The number of carbonyl (C=O) groups excluding carboxylic acids is 1. The average molecular weight is 399 g/mol. The van der Waals surface area contributed by atoms with E-state index >= 15 is 0 Å². The van der Waals surface area contributed by atoms with Gasteiger partial charge in [0.05, 0.1) is 18.4 Å². The smallest absolute Gasteiger partial charge is 0.271 e. The molecule has 0 saturated carbocycles. The largest absolute Gasteiger partial charge is 0.292 e. The summed E-state index contributed by atoms with van der Waals surface area (Å²) in [5.41, 5.74) is 1.43. The van der Waals surface area contributed by atoms with Gasteiger partial charge in [-0.25, -0.2) is 9.37 Å². The van der Waals surface area contributed by atoms with Crippen LogP contribution in [-0.2, 0) is 6.54 Å². The number of fused-ring (bicyclic) bond motifs is 1. The molecule has 7 heteroatoms. The van der Waals surface area contributed by atoms with E-state index in [-0.39, 0.29) is 23.5 Å². The Balaban J connectivity index is 1.69. The summed E-state index contributed by atoms with van der Waals surface area (Å²) in [6.07, 6.45) is 1.35. The van der Waals surface area contributed by atoms with Gasteiger partial charge in [0.15, 0.2) is 5.78 Å². The fourth-order valence-corrected chi connectivity index (χ4v) is 3.91. The first-order valence-corrected chi connectivity index (χ1v) is 9.24. The Morgan fingerprint density at radius 2 is 1.93 bits per heavy atom. The summed E-state index contributed by atoms with van der Waals surface area (Å²) in [7, 11) is 0. The molecule has 0 unspecified atom stereocenters. The molecule has 0 atom stereocenters. The van der Waals surface area contributed by atoms with Crippen LogP contribution in [0.5, 0.6) is 0 Å². The van der Waals surface area contributed by atoms with E-state index in [1.807, 2.05) is 18.2 Å². The van der Waals surface area contributed by atoms with Crippen LogP contribution in [0.1, 0.15) is 10.4 Å². The highest BCUT2D eigenvalue weighted by Crippen LogP contribution is 2.31. The number of benzene rings is 2. The predicted octanol–water partition coefficient (Wildman–Crippen LogP) is 4.80. The van der Waals surface area contributed by atoms with Gasteiger partial charge in [-0.05, 0) is 35.9 Å². The van der Waals surface area contributed by atoms with Crippen LogP contribution in [-0.4, -0.2) is 15.3 Å². The molecule has 0 spiro atoms. The van der Waals surface area contributed by atoms with Crippen molar-refractivity contribution in [2.75, 3.05) is 0 Å². The normalized spacial score (nSPS) is 11.0. The molecule has 27 heavy (non-hydrogen) atoms. The summed E-state index contributed by atoms with van der Waals surface area (Å²) >= 11 is 7.23. The van der Waals surface area contributed by atoms with Crippen LogP contribution in [0.25, 0.3) is 20.7 Å². The zero-order valence-electron chi connectivity index (χ0n) is 13.9. The van der Waals surface area contributed by atoms with Crippen molar-refractivity contribution in [2.24, 2.45) is 0 Å². The van der Waals surface area contributed by atoms with E-state index in [0.29, 0.717) is 15.2 Å². The van der Waals surface area contributed by atoms with Crippen LogP contribution in [0.15, 0.2) is 65.7 Å². The van der Waals surface area contributed by atoms with Crippen molar-refractivity contribution < 1.29 is 9.18 Å². The van der Waals surface area contributed by atoms with Crippen molar-refractivity contribution in [1.29, 1.82) is 0 Å². The number of hydrogen-bond acceptors (Lipinski definition) is 4. The molecule has 4 nitrogen and oxygen atoms in total. The number of hydrogen-bond donors (Lipinski definition) is 0. The van der Waals surface area contributed by atoms with Crippen LogP contribution < -0.4 is 5.56 Å². The lowest BCUT2D eigenvalue weighted by Crippen LogP contribution is -2.24. The third kappa shape index (κ3) is 3.54. The van der Waals surface area contributed by atoms with Gasteiger partial charge in [0.2, 0.25) is 0 Å². The van der Waals surface area contributed by atoms with Gasteiger partial charge in [0, 0.05) is 15.5 Å². The van der Waals surface area contributed by atoms with Crippen molar-refractivity contribution in [1.82, 2.24) is 9.55 Å². The molecule has 0 aliphatic carbocycles. The Kier molecular flexibility index (Phi) is 4.59. The second-order valence-electron chi connectivity index (χ2n) is 5.94.